The third-order valence-corrected chi connectivity index (χ3v) is 4.41. The average molecular weight is 342 g/mol. The largest absolute Gasteiger partial charge is 0.454 e. The Kier molecular flexibility index (Phi) is 4.50. The molecule has 1 aromatic heterocycles. The van der Waals surface area contributed by atoms with Crippen LogP contribution < -0.4 is 0 Å². The van der Waals surface area contributed by atoms with Crippen molar-refractivity contribution >= 4 is 40.4 Å². The minimum Gasteiger partial charge on any atom is -0.454 e. The van der Waals surface area contributed by atoms with Gasteiger partial charge in [-0.05, 0) is 24.3 Å². The highest BCUT2D eigenvalue weighted by Gasteiger charge is 2.19. The highest BCUT2D eigenvalue weighted by Crippen LogP contribution is 2.35. The SMILES string of the molecule is S=C(c1ccc(-c2c(Cl)cccc2Cl)o1)N1CCOCC1. The zero-order valence-electron chi connectivity index (χ0n) is 11.1. The van der Waals surface area contributed by atoms with E-state index >= 15 is 0 Å². The van der Waals surface area contributed by atoms with Crippen LogP contribution >= 0.6 is 35.4 Å². The molecule has 1 aliphatic heterocycles. The molecule has 3 rings (SSSR count). The molecule has 0 radical (unpaired) electrons. The van der Waals surface area contributed by atoms with Crippen LogP contribution in [0.2, 0.25) is 10.0 Å². The standard InChI is InChI=1S/C15H13Cl2NO2S/c16-10-2-1-3-11(17)14(10)12-4-5-13(20-12)15(21)18-6-8-19-9-7-18/h1-5H,6-9H2. The van der Waals surface area contributed by atoms with Crippen LogP contribution in [0, 0.1) is 0 Å². The van der Waals surface area contributed by atoms with Crippen molar-refractivity contribution in [2.75, 3.05) is 26.3 Å². The summed E-state index contributed by atoms with van der Waals surface area (Å²) in [6, 6.07) is 9.06. The lowest BCUT2D eigenvalue weighted by atomic mass is 10.2. The van der Waals surface area contributed by atoms with E-state index in [2.05, 4.69) is 4.90 Å². The van der Waals surface area contributed by atoms with Gasteiger partial charge in [-0.2, -0.15) is 0 Å². The lowest BCUT2D eigenvalue weighted by Gasteiger charge is -2.28. The predicted molar refractivity (Wildman–Crippen MR) is 88.3 cm³/mol. The summed E-state index contributed by atoms with van der Waals surface area (Å²) in [5, 5.41) is 1.11. The van der Waals surface area contributed by atoms with Crippen molar-refractivity contribution < 1.29 is 9.15 Å². The van der Waals surface area contributed by atoms with Crippen molar-refractivity contribution in [2.24, 2.45) is 0 Å². The van der Waals surface area contributed by atoms with Crippen LogP contribution in [0.15, 0.2) is 34.7 Å². The average Bonchev–Trinajstić information content (AvgIpc) is 2.97. The molecule has 0 amide bonds. The summed E-state index contributed by atoms with van der Waals surface area (Å²) in [5.41, 5.74) is 0.692. The first-order chi connectivity index (χ1) is 10.2. The number of halogens is 2. The second-order valence-corrected chi connectivity index (χ2v) is 5.87. The smallest absolute Gasteiger partial charge is 0.162 e. The van der Waals surface area contributed by atoms with Crippen LogP contribution in [0.1, 0.15) is 5.76 Å². The molecule has 0 N–H and O–H groups in total. The number of hydrogen-bond acceptors (Lipinski definition) is 3. The van der Waals surface area contributed by atoms with Crippen molar-refractivity contribution in [3.05, 3.63) is 46.1 Å². The van der Waals surface area contributed by atoms with E-state index in [1.165, 1.54) is 0 Å². The first-order valence-corrected chi connectivity index (χ1v) is 7.74. The quantitative estimate of drug-likeness (QED) is 0.762. The van der Waals surface area contributed by atoms with Crippen LogP contribution in [0.5, 0.6) is 0 Å². The van der Waals surface area contributed by atoms with Gasteiger partial charge in [-0.25, -0.2) is 0 Å². The van der Waals surface area contributed by atoms with Crippen molar-refractivity contribution in [2.45, 2.75) is 0 Å². The zero-order valence-corrected chi connectivity index (χ0v) is 13.5. The maximum absolute atomic E-state index is 6.20. The normalized spacial score (nSPS) is 15.2. The van der Waals surface area contributed by atoms with E-state index in [4.69, 9.17) is 44.6 Å². The fourth-order valence-electron chi connectivity index (χ4n) is 2.24. The van der Waals surface area contributed by atoms with Gasteiger partial charge in [0.25, 0.3) is 0 Å². The Morgan fingerprint density at radius 3 is 2.38 bits per heavy atom. The number of thiocarbonyl (C=S) groups is 1. The highest BCUT2D eigenvalue weighted by atomic mass is 35.5. The summed E-state index contributed by atoms with van der Waals surface area (Å²) in [7, 11) is 0. The molecule has 1 fully saturated rings. The number of ether oxygens (including phenoxy) is 1. The Bertz CT molecular complexity index is 645. The van der Waals surface area contributed by atoms with Crippen LogP contribution in [-0.2, 0) is 4.74 Å². The molecule has 1 aromatic carbocycles. The van der Waals surface area contributed by atoms with Gasteiger partial charge in [-0.3, -0.25) is 0 Å². The molecule has 2 heterocycles. The van der Waals surface area contributed by atoms with Gasteiger partial charge in [0.15, 0.2) is 5.76 Å². The Morgan fingerprint density at radius 1 is 1.05 bits per heavy atom. The predicted octanol–water partition coefficient (Wildman–Crippen LogP) is 4.26. The summed E-state index contributed by atoms with van der Waals surface area (Å²) in [6.45, 7) is 2.93. The van der Waals surface area contributed by atoms with E-state index in [0.29, 0.717) is 45.3 Å². The van der Waals surface area contributed by atoms with Gasteiger partial charge in [0, 0.05) is 13.1 Å². The molecule has 21 heavy (non-hydrogen) atoms. The maximum Gasteiger partial charge on any atom is 0.162 e. The first-order valence-electron chi connectivity index (χ1n) is 6.58. The Labute approximate surface area is 138 Å². The molecule has 0 atom stereocenters. The number of rotatable bonds is 2. The fourth-order valence-corrected chi connectivity index (χ4v) is 3.12. The molecule has 0 unspecified atom stereocenters. The second kappa shape index (κ2) is 6.36. The topological polar surface area (TPSA) is 25.6 Å². The van der Waals surface area contributed by atoms with Gasteiger partial charge in [-0.15, -0.1) is 0 Å². The van der Waals surface area contributed by atoms with E-state index in [9.17, 15) is 0 Å². The molecule has 0 spiro atoms. The summed E-state index contributed by atoms with van der Waals surface area (Å²) >= 11 is 17.9. The van der Waals surface area contributed by atoms with Crippen molar-refractivity contribution in [1.82, 2.24) is 4.90 Å². The summed E-state index contributed by atoms with van der Waals surface area (Å²) < 4.78 is 11.2. The summed E-state index contributed by atoms with van der Waals surface area (Å²) in [6.07, 6.45) is 0. The fraction of sp³-hybridized carbons (Fsp3) is 0.267. The molecular formula is C15H13Cl2NO2S. The lowest BCUT2D eigenvalue weighted by molar-refractivity contribution is 0.0688. The molecule has 0 saturated carbocycles. The third-order valence-electron chi connectivity index (χ3n) is 3.32. The van der Waals surface area contributed by atoms with Gasteiger partial charge < -0.3 is 14.1 Å². The molecule has 1 saturated heterocycles. The van der Waals surface area contributed by atoms with Crippen LogP contribution in [0.25, 0.3) is 11.3 Å². The first kappa shape index (κ1) is 14.9. The van der Waals surface area contributed by atoms with Crippen molar-refractivity contribution in [1.29, 1.82) is 0 Å². The molecule has 6 heteroatoms. The summed E-state index contributed by atoms with van der Waals surface area (Å²) in [4.78, 5) is 2.77. The molecule has 0 bridgehead atoms. The van der Waals surface area contributed by atoms with E-state index < -0.39 is 0 Å². The van der Waals surface area contributed by atoms with Gasteiger partial charge >= 0.3 is 0 Å². The number of nitrogens with zero attached hydrogens (tertiary/aromatic N) is 1. The van der Waals surface area contributed by atoms with Gasteiger partial charge in [0.1, 0.15) is 10.7 Å². The number of morpholine rings is 1. The monoisotopic (exact) mass is 341 g/mol. The number of furan rings is 1. The maximum atomic E-state index is 6.20. The number of benzene rings is 1. The Balaban J connectivity index is 1.88. The van der Waals surface area contributed by atoms with E-state index in [1.54, 1.807) is 18.2 Å². The van der Waals surface area contributed by atoms with Crippen LogP contribution in [-0.4, -0.2) is 36.2 Å². The number of hydrogen-bond donors (Lipinski definition) is 0. The zero-order chi connectivity index (χ0) is 14.8. The molecule has 0 aliphatic carbocycles. The lowest BCUT2D eigenvalue weighted by Crippen LogP contribution is -2.40. The van der Waals surface area contributed by atoms with Crippen molar-refractivity contribution in [3.63, 3.8) is 0 Å². The van der Waals surface area contributed by atoms with Crippen molar-refractivity contribution in [3.8, 4) is 11.3 Å². The van der Waals surface area contributed by atoms with E-state index in [-0.39, 0.29) is 0 Å². The molecule has 1 aliphatic rings. The molecule has 2 aromatic rings. The van der Waals surface area contributed by atoms with Gasteiger partial charge in [-0.1, -0.05) is 41.5 Å². The highest BCUT2D eigenvalue weighted by molar-refractivity contribution is 7.80. The van der Waals surface area contributed by atoms with E-state index in [0.717, 1.165) is 13.1 Å². The minimum absolute atomic E-state index is 0.556. The molecule has 110 valence electrons. The minimum atomic E-state index is 0.556. The van der Waals surface area contributed by atoms with Gasteiger partial charge in [0.05, 0.1) is 28.8 Å². The molecular weight excluding hydrogens is 329 g/mol. The summed E-state index contributed by atoms with van der Waals surface area (Å²) in [5.74, 6) is 1.27. The Morgan fingerprint density at radius 2 is 1.71 bits per heavy atom. The van der Waals surface area contributed by atoms with E-state index in [1.807, 2.05) is 12.1 Å². The second-order valence-electron chi connectivity index (χ2n) is 4.67. The third kappa shape index (κ3) is 3.09. The Hall–Kier alpha value is -1.07. The van der Waals surface area contributed by atoms with Crippen LogP contribution in [0.3, 0.4) is 0 Å². The molecule has 3 nitrogen and oxygen atoms in total. The van der Waals surface area contributed by atoms with Crippen LogP contribution in [0.4, 0.5) is 0 Å². The van der Waals surface area contributed by atoms with Gasteiger partial charge in [0.2, 0.25) is 0 Å².